The third kappa shape index (κ3) is 3.68. The Balaban J connectivity index is 1.69. The highest BCUT2D eigenvalue weighted by molar-refractivity contribution is 7.92. The molecule has 0 radical (unpaired) electrons. The number of nitrogens with zero attached hydrogens (tertiary/aromatic N) is 1. The molecule has 5 heteroatoms. The van der Waals surface area contributed by atoms with Gasteiger partial charge in [0.25, 0.3) is 0 Å². The second-order valence-corrected chi connectivity index (χ2v) is 8.06. The van der Waals surface area contributed by atoms with E-state index >= 15 is 0 Å². The van der Waals surface area contributed by atoms with Crippen molar-refractivity contribution in [1.82, 2.24) is 10.2 Å². The Labute approximate surface area is 111 Å². The lowest BCUT2D eigenvalue weighted by Crippen LogP contribution is -2.45. The minimum absolute atomic E-state index is 0.119. The Morgan fingerprint density at radius 3 is 2.50 bits per heavy atom. The van der Waals surface area contributed by atoms with E-state index in [1.54, 1.807) is 0 Å². The van der Waals surface area contributed by atoms with Crippen molar-refractivity contribution in [2.45, 2.75) is 50.3 Å². The molecule has 1 N–H and O–H groups in total. The Hall–Kier alpha value is -0.130. The van der Waals surface area contributed by atoms with E-state index in [4.69, 9.17) is 0 Å². The van der Waals surface area contributed by atoms with Crippen LogP contribution in [0.2, 0.25) is 0 Å². The summed E-state index contributed by atoms with van der Waals surface area (Å²) in [6.45, 7) is 6.39. The molecule has 0 aliphatic carbocycles. The van der Waals surface area contributed by atoms with Crippen LogP contribution in [0.3, 0.4) is 0 Å². The van der Waals surface area contributed by atoms with Gasteiger partial charge >= 0.3 is 0 Å². The lowest BCUT2D eigenvalue weighted by Gasteiger charge is -2.32. The fraction of sp³-hybridized carbons (Fsp3) is 1.00. The molecule has 0 spiro atoms. The first-order valence-electron chi connectivity index (χ1n) is 7.29. The summed E-state index contributed by atoms with van der Waals surface area (Å²) in [5.41, 5.74) is 0. The molecule has 2 heterocycles. The Kier molecular flexibility index (Phi) is 5.04. The highest BCUT2D eigenvalue weighted by Gasteiger charge is 2.31. The van der Waals surface area contributed by atoms with Crippen LogP contribution < -0.4 is 5.32 Å². The summed E-state index contributed by atoms with van der Waals surface area (Å²) in [6.07, 6.45) is 5.24. The normalized spacial score (nSPS) is 29.7. The molecule has 0 saturated carbocycles. The zero-order valence-corrected chi connectivity index (χ0v) is 12.2. The molecular formula is C13H26N2O2S. The molecule has 1 atom stereocenters. The second-order valence-electron chi connectivity index (χ2n) is 5.66. The van der Waals surface area contributed by atoms with Gasteiger partial charge in [0.2, 0.25) is 0 Å². The fourth-order valence-electron chi connectivity index (χ4n) is 3.06. The van der Waals surface area contributed by atoms with E-state index in [0.29, 0.717) is 18.3 Å². The first-order chi connectivity index (χ1) is 8.62. The van der Waals surface area contributed by atoms with Gasteiger partial charge in [-0.1, -0.05) is 6.92 Å². The van der Waals surface area contributed by atoms with E-state index in [-0.39, 0.29) is 5.25 Å². The van der Waals surface area contributed by atoms with Gasteiger partial charge in [-0.3, -0.25) is 0 Å². The predicted octanol–water partition coefficient (Wildman–Crippen LogP) is 1.03. The second kappa shape index (κ2) is 6.35. The van der Waals surface area contributed by atoms with Crippen molar-refractivity contribution in [3.05, 3.63) is 0 Å². The van der Waals surface area contributed by atoms with Gasteiger partial charge in [-0.2, -0.15) is 0 Å². The first kappa shape index (κ1) is 14.3. The van der Waals surface area contributed by atoms with E-state index in [1.807, 2.05) is 0 Å². The molecule has 0 aromatic carbocycles. The maximum absolute atomic E-state index is 11.7. The Morgan fingerprint density at radius 1 is 1.22 bits per heavy atom. The van der Waals surface area contributed by atoms with Crippen LogP contribution in [0.15, 0.2) is 0 Å². The van der Waals surface area contributed by atoms with Gasteiger partial charge in [0.05, 0.1) is 11.0 Å². The van der Waals surface area contributed by atoms with Crippen LogP contribution in [0.5, 0.6) is 0 Å². The number of sulfone groups is 1. The number of rotatable bonds is 5. The molecule has 0 aromatic heterocycles. The van der Waals surface area contributed by atoms with Crippen molar-refractivity contribution < 1.29 is 8.42 Å². The quantitative estimate of drug-likeness (QED) is 0.813. The van der Waals surface area contributed by atoms with Crippen molar-refractivity contribution in [3.63, 3.8) is 0 Å². The topological polar surface area (TPSA) is 49.4 Å². The largest absolute Gasteiger partial charge is 0.313 e. The number of likely N-dealkylation sites (tertiary alicyclic amines) is 1. The minimum Gasteiger partial charge on any atom is -0.313 e. The van der Waals surface area contributed by atoms with Crippen LogP contribution in [0.25, 0.3) is 0 Å². The molecule has 2 rings (SSSR count). The summed E-state index contributed by atoms with van der Waals surface area (Å²) in [5, 5.41) is 3.36. The molecule has 106 valence electrons. The lowest BCUT2D eigenvalue weighted by atomic mass is 10.0. The van der Waals surface area contributed by atoms with Crippen molar-refractivity contribution in [1.29, 1.82) is 0 Å². The van der Waals surface area contributed by atoms with Crippen LogP contribution in [0.4, 0.5) is 0 Å². The first-order valence-corrected chi connectivity index (χ1v) is 9.00. The summed E-state index contributed by atoms with van der Waals surface area (Å²) >= 11 is 0. The zero-order chi connectivity index (χ0) is 13.0. The van der Waals surface area contributed by atoms with E-state index in [0.717, 1.165) is 38.8 Å². The molecule has 18 heavy (non-hydrogen) atoms. The molecule has 0 amide bonds. The van der Waals surface area contributed by atoms with Crippen LogP contribution in [0.1, 0.15) is 39.0 Å². The maximum atomic E-state index is 11.7. The summed E-state index contributed by atoms with van der Waals surface area (Å²) in [7, 11) is -2.78. The molecule has 0 bridgehead atoms. The highest BCUT2D eigenvalue weighted by Crippen LogP contribution is 2.20. The third-order valence-electron chi connectivity index (χ3n) is 4.22. The molecular weight excluding hydrogens is 248 g/mol. The van der Waals surface area contributed by atoms with Crippen LogP contribution >= 0.6 is 0 Å². The maximum Gasteiger partial charge on any atom is 0.154 e. The van der Waals surface area contributed by atoms with Crippen molar-refractivity contribution >= 4 is 9.84 Å². The molecule has 1 unspecified atom stereocenters. The molecule has 2 aliphatic heterocycles. The number of hydrogen-bond acceptors (Lipinski definition) is 4. The van der Waals surface area contributed by atoms with Crippen LogP contribution in [-0.2, 0) is 9.84 Å². The average molecular weight is 274 g/mol. The molecule has 2 aliphatic rings. The monoisotopic (exact) mass is 274 g/mol. The number of nitrogens with one attached hydrogen (secondary N) is 1. The highest BCUT2D eigenvalue weighted by atomic mass is 32.2. The molecule has 4 nitrogen and oxygen atoms in total. The minimum atomic E-state index is -2.78. The van der Waals surface area contributed by atoms with E-state index < -0.39 is 9.84 Å². The SMILES string of the molecule is CCCN1CCC(NCC2CCCS2(=O)=O)CC1. The summed E-state index contributed by atoms with van der Waals surface area (Å²) in [4.78, 5) is 2.50. The van der Waals surface area contributed by atoms with Gasteiger partial charge < -0.3 is 10.2 Å². The summed E-state index contributed by atoms with van der Waals surface area (Å²) in [5.74, 6) is 0.397. The Morgan fingerprint density at radius 2 is 1.94 bits per heavy atom. The summed E-state index contributed by atoms with van der Waals surface area (Å²) in [6, 6.07) is 0.522. The van der Waals surface area contributed by atoms with Gasteiger partial charge in [-0.25, -0.2) is 8.42 Å². The molecule has 0 aromatic rings. The van der Waals surface area contributed by atoms with Crippen molar-refractivity contribution in [3.8, 4) is 0 Å². The summed E-state index contributed by atoms with van der Waals surface area (Å²) < 4.78 is 23.4. The van der Waals surface area contributed by atoms with Crippen LogP contribution in [0, 0.1) is 0 Å². The van der Waals surface area contributed by atoms with E-state index in [1.165, 1.54) is 13.0 Å². The molecule has 2 saturated heterocycles. The van der Waals surface area contributed by atoms with Crippen molar-refractivity contribution in [2.75, 3.05) is 31.9 Å². The number of piperidine rings is 1. The fourth-order valence-corrected chi connectivity index (χ4v) is 4.84. The van der Waals surface area contributed by atoms with Gasteiger partial charge in [0.15, 0.2) is 9.84 Å². The van der Waals surface area contributed by atoms with E-state index in [2.05, 4.69) is 17.1 Å². The standard InChI is InChI=1S/C13H26N2O2S/c1-2-7-15-8-5-12(6-9-15)14-11-13-4-3-10-18(13,16)17/h12-14H,2-11H2,1H3. The van der Waals surface area contributed by atoms with E-state index in [9.17, 15) is 8.42 Å². The average Bonchev–Trinajstić information content (AvgIpc) is 2.68. The van der Waals surface area contributed by atoms with Gasteiger partial charge in [0.1, 0.15) is 0 Å². The lowest BCUT2D eigenvalue weighted by molar-refractivity contribution is 0.198. The number of hydrogen-bond donors (Lipinski definition) is 1. The van der Waals surface area contributed by atoms with Gasteiger partial charge in [-0.05, 0) is 51.7 Å². The zero-order valence-electron chi connectivity index (χ0n) is 11.4. The smallest absolute Gasteiger partial charge is 0.154 e. The molecule has 2 fully saturated rings. The Bertz CT molecular complexity index is 348. The van der Waals surface area contributed by atoms with Gasteiger partial charge in [0, 0.05) is 12.6 Å². The predicted molar refractivity (Wildman–Crippen MR) is 74.6 cm³/mol. The van der Waals surface area contributed by atoms with Crippen LogP contribution in [-0.4, -0.2) is 56.5 Å². The third-order valence-corrected chi connectivity index (χ3v) is 6.50. The van der Waals surface area contributed by atoms with Gasteiger partial charge in [-0.15, -0.1) is 0 Å². The van der Waals surface area contributed by atoms with Crippen molar-refractivity contribution in [2.24, 2.45) is 0 Å².